The lowest BCUT2D eigenvalue weighted by Crippen LogP contribution is -2.28. The van der Waals surface area contributed by atoms with Gasteiger partial charge in [0.25, 0.3) is 0 Å². The second-order valence-electron chi connectivity index (χ2n) is 5.17. The molecule has 0 aliphatic carbocycles. The third-order valence-electron chi connectivity index (χ3n) is 3.58. The molecular formula is C15H20F3NO2. The lowest BCUT2D eigenvalue weighted by molar-refractivity contribution is -0.137. The van der Waals surface area contributed by atoms with Gasteiger partial charge in [-0.3, -0.25) is 0 Å². The van der Waals surface area contributed by atoms with Crippen molar-refractivity contribution in [1.29, 1.82) is 0 Å². The van der Waals surface area contributed by atoms with E-state index in [4.69, 9.17) is 9.47 Å². The molecular weight excluding hydrogens is 283 g/mol. The molecule has 0 spiro atoms. The number of benzene rings is 1. The Morgan fingerprint density at radius 1 is 1.24 bits per heavy atom. The highest BCUT2D eigenvalue weighted by Crippen LogP contribution is 2.35. The Labute approximate surface area is 122 Å². The van der Waals surface area contributed by atoms with Crippen LogP contribution in [0.1, 0.15) is 29.9 Å². The maximum Gasteiger partial charge on any atom is 0.416 e. The van der Waals surface area contributed by atoms with Crippen molar-refractivity contribution in [1.82, 2.24) is 5.32 Å². The first-order valence-corrected chi connectivity index (χ1v) is 7.05. The lowest BCUT2D eigenvalue weighted by Gasteiger charge is -2.24. The number of hydrogen-bond donors (Lipinski definition) is 1. The van der Waals surface area contributed by atoms with E-state index in [2.05, 4.69) is 5.32 Å². The van der Waals surface area contributed by atoms with E-state index in [0.717, 1.165) is 25.5 Å². The fourth-order valence-corrected chi connectivity index (χ4v) is 2.48. The molecule has 1 heterocycles. The Morgan fingerprint density at radius 3 is 2.67 bits per heavy atom. The quantitative estimate of drug-likeness (QED) is 0.847. The van der Waals surface area contributed by atoms with E-state index < -0.39 is 11.7 Å². The molecule has 1 N–H and O–H groups in total. The van der Waals surface area contributed by atoms with Gasteiger partial charge in [-0.25, -0.2) is 0 Å². The van der Waals surface area contributed by atoms with E-state index in [1.165, 1.54) is 13.2 Å². The molecule has 1 aromatic rings. The molecule has 1 unspecified atom stereocenters. The zero-order chi connectivity index (χ0) is 15.3. The zero-order valence-electron chi connectivity index (χ0n) is 12.0. The highest BCUT2D eigenvalue weighted by Gasteiger charge is 2.32. The molecule has 118 valence electrons. The van der Waals surface area contributed by atoms with Crippen LogP contribution in [0.25, 0.3) is 0 Å². The summed E-state index contributed by atoms with van der Waals surface area (Å²) in [6.07, 6.45) is -2.50. The van der Waals surface area contributed by atoms with Crippen LogP contribution < -0.4 is 10.1 Å². The summed E-state index contributed by atoms with van der Waals surface area (Å²) in [5, 5.41) is 3.22. The number of hydrogen-bond acceptors (Lipinski definition) is 3. The van der Waals surface area contributed by atoms with Crippen LogP contribution in [0.5, 0.6) is 5.75 Å². The number of alkyl halides is 3. The van der Waals surface area contributed by atoms with Crippen molar-refractivity contribution in [3.63, 3.8) is 0 Å². The summed E-state index contributed by atoms with van der Waals surface area (Å²) in [6, 6.07) is 4.00. The van der Waals surface area contributed by atoms with E-state index in [-0.39, 0.29) is 18.3 Å². The summed E-state index contributed by atoms with van der Waals surface area (Å²) in [4.78, 5) is 0. The summed E-state index contributed by atoms with van der Waals surface area (Å²) >= 11 is 0. The number of methoxy groups -OCH3 is 1. The molecule has 1 fully saturated rings. The average Bonchev–Trinajstić information content (AvgIpc) is 2.47. The number of rotatable bonds is 5. The van der Waals surface area contributed by atoms with Crippen molar-refractivity contribution in [2.45, 2.75) is 24.9 Å². The third kappa shape index (κ3) is 4.61. The predicted molar refractivity (Wildman–Crippen MR) is 73.7 cm³/mol. The molecule has 1 aromatic carbocycles. The van der Waals surface area contributed by atoms with Gasteiger partial charge in [-0.15, -0.1) is 0 Å². The van der Waals surface area contributed by atoms with Crippen LogP contribution >= 0.6 is 0 Å². The lowest BCUT2D eigenvalue weighted by atomic mass is 9.90. The molecule has 21 heavy (non-hydrogen) atoms. The van der Waals surface area contributed by atoms with Crippen molar-refractivity contribution in [2.24, 2.45) is 0 Å². The monoisotopic (exact) mass is 303 g/mol. The minimum absolute atomic E-state index is 0.103. The van der Waals surface area contributed by atoms with Crippen LogP contribution in [0.15, 0.2) is 18.2 Å². The van der Waals surface area contributed by atoms with Crippen LogP contribution in [0, 0.1) is 0 Å². The number of ether oxygens (including phenoxy) is 2. The van der Waals surface area contributed by atoms with Crippen molar-refractivity contribution < 1.29 is 22.6 Å². The Kier molecular flexibility index (Phi) is 5.47. The topological polar surface area (TPSA) is 30.5 Å². The number of nitrogens with one attached hydrogen (secondary N) is 1. The van der Waals surface area contributed by atoms with Gasteiger partial charge in [0, 0.05) is 13.7 Å². The molecule has 0 bridgehead atoms. The van der Waals surface area contributed by atoms with Crippen molar-refractivity contribution in [3.8, 4) is 5.75 Å². The van der Waals surface area contributed by atoms with Crippen LogP contribution in [0.4, 0.5) is 13.2 Å². The smallest absolute Gasteiger partial charge is 0.416 e. The molecule has 0 saturated carbocycles. The van der Waals surface area contributed by atoms with E-state index >= 15 is 0 Å². The van der Waals surface area contributed by atoms with E-state index in [0.29, 0.717) is 18.7 Å². The van der Waals surface area contributed by atoms with Gasteiger partial charge >= 0.3 is 6.18 Å². The van der Waals surface area contributed by atoms with Crippen molar-refractivity contribution >= 4 is 0 Å². The number of halogens is 3. The largest absolute Gasteiger partial charge is 0.491 e. The van der Waals surface area contributed by atoms with E-state index in [1.54, 1.807) is 6.07 Å². The maximum absolute atomic E-state index is 13.0. The first-order valence-electron chi connectivity index (χ1n) is 7.05. The molecule has 6 heteroatoms. The van der Waals surface area contributed by atoms with Gasteiger partial charge in [-0.1, -0.05) is 0 Å². The summed E-state index contributed by atoms with van der Waals surface area (Å²) < 4.78 is 49.2. The summed E-state index contributed by atoms with van der Waals surface area (Å²) in [5.41, 5.74) is 0.0300. The molecule has 1 aliphatic rings. The highest BCUT2D eigenvalue weighted by molar-refractivity contribution is 5.38. The van der Waals surface area contributed by atoms with E-state index in [1.807, 2.05) is 0 Å². The molecule has 3 nitrogen and oxygen atoms in total. The van der Waals surface area contributed by atoms with Crippen LogP contribution in [-0.2, 0) is 10.9 Å². The van der Waals surface area contributed by atoms with E-state index in [9.17, 15) is 13.2 Å². The summed E-state index contributed by atoms with van der Waals surface area (Å²) in [7, 11) is 1.52. The molecule has 0 aromatic heterocycles. The van der Waals surface area contributed by atoms with Gasteiger partial charge in [-0.2, -0.15) is 13.2 Å². The Bertz CT molecular complexity index is 457. The van der Waals surface area contributed by atoms with Crippen molar-refractivity contribution in [3.05, 3.63) is 29.3 Å². The second kappa shape index (κ2) is 7.13. The Morgan fingerprint density at radius 2 is 2.05 bits per heavy atom. The predicted octanol–water partition coefficient (Wildman–Crippen LogP) is 3.20. The molecule has 1 aliphatic heterocycles. The number of piperidine rings is 1. The van der Waals surface area contributed by atoms with Gasteiger partial charge in [-0.05, 0) is 49.1 Å². The Hall–Kier alpha value is -1.27. The molecule has 0 amide bonds. The normalized spacial score (nSPS) is 19.5. The average molecular weight is 303 g/mol. The maximum atomic E-state index is 13.0. The van der Waals surface area contributed by atoms with Crippen molar-refractivity contribution in [2.75, 3.05) is 33.4 Å². The molecule has 0 radical (unpaired) electrons. The fourth-order valence-electron chi connectivity index (χ4n) is 2.48. The molecule has 1 atom stereocenters. The summed E-state index contributed by atoms with van der Waals surface area (Å²) in [5.74, 6) is 0.355. The van der Waals surface area contributed by atoms with Crippen LogP contribution in [0.2, 0.25) is 0 Å². The molecule has 2 rings (SSSR count). The van der Waals surface area contributed by atoms with Gasteiger partial charge in [0.1, 0.15) is 12.4 Å². The van der Waals surface area contributed by atoms with Crippen LogP contribution in [0.3, 0.4) is 0 Å². The Balaban J connectivity index is 2.23. The van der Waals surface area contributed by atoms with Gasteiger partial charge < -0.3 is 14.8 Å². The standard InChI is InChI=1S/C15H20F3NO2/c1-20-5-6-21-14-8-12(11-3-2-4-19-10-11)7-13(9-14)15(16,17)18/h7-9,11,19H,2-6,10H2,1H3. The molecule has 1 saturated heterocycles. The highest BCUT2D eigenvalue weighted by atomic mass is 19.4. The minimum Gasteiger partial charge on any atom is -0.491 e. The minimum atomic E-state index is -4.36. The fraction of sp³-hybridized carbons (Fsp3) is 0.600. The van der Waals surface area contributed by atoms with Gasteiger partial charge in [0.2, 0.25) is 0 Å². The second-order valence-corrected chi connectivity index (χ2v) is 5.17. The van der Waals surface area contributed by atoms with Gasteiger partial charge in [0.15, 0.2) is 0 Å². The first-order chi connectivity index (χ1) is 10.0. The van der Waals surface area contributed by atoms with Crippen LogP contribution in [-0.4, -0.2) is 33.4 Å². The van der Waals surface area contributed by atoms with Gasteiger partial charge in [0.05, 0.1) is 12.2 Å². The first kappa shape index (κ1) is 16.1. The summed E-state index contributed by atoms with van der Waals surface area (Å²) in [6.45, 7) is 2.21. The SMILES string of the molecule is COCCOc1cc(C2CCCNC2)cc(C(F)(F)F)c1. The third-order valence-corrected chi connectivity index (χ3v) is 3.58. The zero-order valence-corrected chi connectivity index (χ0v) is 12.0.